The van der Waals surface area contributed by atoms with Gasteiger partial charge in [-0.2, -0.15) is 0 Å². The second-order valence-electron chi connectivity index (χ2n) is 4.92. The number of esters is 1. The fourth-order valence-electron chi connectivity index (χ4n) is 1.88. The summed E-state index contributed by atoms with van der Waals surface area (Å²) in [5, 5.41) is 2.59. The third-order valence-corrected chi connectivity index (χ3v) is 3.10. The Hall–Kier alpha value is -2.89. The second kappa shape index (κ2) is 7.93. The van der Waals surface area contributed by atoms with Crippen molar-refractivity contribution in [2.45, 2.75) is 19.8 Å². The van der Waals surface area contributed by atoms with Gasteiger partial charge < -0.3 is 14.5 Å². The summed E-state index contributed by atoms with van der Waals surface area (Å²) in [7, 11) is 0. The Morgan fingerprint density at radius 3 is 2.48 bits per heavy atom. The topological polar surface area (TPSA) is 85.6 Å². The minimum atomic E-state index is -0.469. The number of nitrogens with one attached hydrogen (secondary N) is 1. The fourth-order valence-corrected chi connectivity index (χ4v) is 1.88. The van der Waals surface area contributed by atoms with Gasteiger partial charge in [-0.15, -0.1) is 0 Å². The number of Topliss-reactive ketones (excluding diaryl/α,β-unsaturated/α-hetero) is 1. The van der Waals surface area contributed by atoms with Crippen LogP contribution in [0.3, 0.4) is 0 Å². The summed E-state index contributed by atoms with van der Waals surface area (Å²) < 4.78 is 9.99. The van der Waals surface area contributed by atoms with E-state index >= 15 is 0 Å². The van der Waals surface area contributed by atoms with Crippen molar-refractivity contribution in [3.8, 4) is 0 Å². The van der Waals surface area contributed by atoms with E-state index in [0.717, 1.165) is 0 Å². The van der Waals surface area contributed by atoms with Crippen molar-refractivity contribution in [3.05, 3.63) is 54.0 Å². The van der Waals surface area contributed by atoms with Gasteiger partial charge in [-0.05, 0) is 43.3 Å². The molecule has 1 N–H and O–H groups in total. The average molecular weight is 315 g/mol. The van der Waals surface area contributed by atoms with Crippen LogP contribution in [0.25, 0.3) is 0 Å². The quantitative estimate of drug-likeness (QED) is 0.627. The van der Waals surface area contributed by atoms with Crippen molar-refractivity contribution in [1.29, 1.82) is 0 Å². The Labute approximate surface area is 133 Å². The first kappa shape index (κ1) is 16.5. The van der Waals surface area contributed by atoms with Gasteiger partial charge in [0.2, 0.25) is 0 Å². The number of anilines is 1. The summed E-state index contributed by atoms with van der Waals surface area (Å²) in [6, 6.07) is 9.98. The zero-order valence-corrected chi connectivity index (χ0v) is 12.7. The van der Waals surface area contributed by atoms with Gasteiger partial charge in [-0.25, -0.2) is 0 Å². The normalized spacial score (nSPS) is 10.1. The van der Waals surface area contributed by atoms with Crippen molar-refractivity contribution in [2.24, 2.45) is 0 Å². The van der Waals surface area contributed by atoms with Gasteiger partial charge in [0.05, 0.1) is 12.7 Å². The van der Waals surface area contributed by atoms with Crippen LogP contribution < -0.4 is 5.32 Å². The van der Waals surface area contributed by atoms with Gasteiger partial charge in [0.15, 0.2) is 12.4 Å². The number of carbonyl (C=O) groups excluding carboxylic acids is 3. The van der Waals surface area contributed by atoms with Crippen molar-refractivity contribution in [2.75, 3.05) is 11.9 Å². The molecule has 0 atom stereocenters. The maximum atomic E-state index is 11.7. The van der Waals surface area contributed by atoms with E-state index < -0.39 is 11.9 Å². The van der Waals surface area contributed by atoms with Crippen molar-refractivity contribution in [3.63, 3.8) is 0 Å². The predicted octanol–water partition coefficient (Wildman–Crippen LogP) is 2.60. The number of furan rings is 1. The van der Waals surface area contributed by atoms with Crippen LogP contribution >= 0.6 is 0 Å². The molecule has 0 spiro atoms. The lowest BCUT2D eigenvalue weighted by atomic mass is 10.1. The minimum Gasteiger partial charge on any atom is -0.469 e. The third-order valence-electron chi connectivity index (χ3n) is 3.10. The molecule has 1 heterocycles. The number of ether oxygens (including phenoxy) is 1. The number of ketones is 1. The fraction of sp³-hybridized carbons (Fsp3) is 0.235. The first-order chi connectivity index (χ1) is 11.0. The number of hydrogen-bond acceptors (Lipinski definition) is 5. The lowest BCUT2D eigenvalue weighted by molar-refractivity contribution is -0.147. The Kier molecular flexibility index (Phi) is 5.68. The van der Waals surface area contributed by atoms with E-state index in [1.165, 1.54) is 13.2 Å². The largest absolute Gasteiger partial charge is 0.469 e. The molecule has 1 aromatic heterocycles. The Morgan fingerprint density at radius 1 is 1.13 bits per heavy atom. The Morgan fingerprint density at radius 2 is 1.87 bits per heavy atom. The first-order valence-corrected chi connectivity index (χ1v) is 7.13. The molecule has 0 fully saturated rings. The molecule has 1 aromatic carbocycles. The van der Waals surface area contributed by atoms with E-state index in [1.54, 1.807) is 36.4 Å². The van der Waals surface area contributed by atoms with Crippen LogP contribution in [0.5, 0.6) is 0 Å². The number of amides is 1. The molecule has 6 nitrogen and oxygen atoms in total. The molecule has 2 aromatic rings. The monoisotopic (exact) mass is 315 g/mol. The molecule has 0 aliphatic heterocycles. The van der Waals surface area contributed by atoms with Gasteiger partial charge in [0.1, 0.15) is 5.76 Å². The lowest BCUT2D eigenvalue weighted by Crippen LogP contribution is -2.21. The summed E-state index contributed by atoms with van der Waals surface area (Å²) in [5.41, 5.74) is 1.10. The van der Waals surface area contributed by atoms with Crippen molar-refractivity contribution >= 4 is 23.3 Å². The average Bonchev–Trinajstić information content (AvgIpc) is 3.05. The summed E-state index contributed by atoms with van der Waals surface area (Å²) in [6.07, 6.45) is 2.11. The summed E-state index contributed by atoms with van der Waals surface area (Å²) in [4.78, 5) is 34.4. The summed E-state index contributed by atoms with van der Waals surface area (Å²) in [6.45, 7) is 1.11. The second-order valence-corrected chi connectivity index (χ2v) is 4.92. The van der Waals surface area contributed by atoms with Crippen LogP contribution in [0.4, 0.5) is 5.69 Å². The molecular weight excluding hydrogens is 298 g/mol. The molecule has 0 unspecified atom stereocenters. The molecule has 0 radical (unpaired) electrons. The molecular formula is C17H17NO5. The number of carbonyl (C=O) groups is 3. The SMILES string of the molecule is CC(=O)c1ccc(NC(=O)COC(=O)CCc2ccco2)cc1. The predicted molar refractivity (Wildman–Crippen MR) is 83.1 cm³/mol. The zero-order valence-electron chi connectivity index (χ0n) is 12.7. The van der Waals surface area contributed by atoms with Crippen molar-refractivity contribution in [1.82, 2.24) is 0 Å². The highest BCUT2D eigenvalue weighted by Crippen LogP contribution is 2.10. The maximum absolute atomic E-state index is 11.7. The van der Waals surface area contributed by atoms with Gasteiger partial charge in [0.25, 0.3) is 5.91 Å². The summed E-state index contributed by atoms with van der Waals surface area (Å²) >= 11 is 0. The number of hydrogen-bond donors (Lipinski definition) is 1. The molecule has 1 amide bonds. The molecule has 23 heavy (non-hydrogen) atoms. The van der Waals surface area contributed by atoms with Crippen LogP contribution in [0.15, 0.2) is 47.1 Å². The van der Waals surface area contributed by atoms with Gasteiger partial charge >= 0.3 is 5.97 Å². The minimum absolute atomic E-state index is 0.0478. The van der Waals surface area contributed by atoms with Crippen LogP contribution in [0, 0.1) is 0 Å². The van der Waals surface area contributed by atoms with Crippen molar-refractivity contribution < 1.29 is 23.5 Å². The molecule has 2 rings (SSSR count). The Bertz CT molecular complexity index is 674. The smallest absolute Gasteiger partial charge is 0.306 e. The number of aryl methyl sites for hydroxylation is 1. The molecule has 0 bridgehead atoms. The number of rotatable bonds is 7. The molecule has 120 valence electrons. The molecule has 0 saturated heterocycles. The van der Waals surface area contributed by atoms with Crippen LogP contribution in [-0.4, -0.2) is 24.3 Å². The van der Waals surface area contributed by atoms with E-state index in [4.69, 9.17) is 9.15 Å². The van der Waals surface area contributed by atoms with E-state index in [-0.39, 0.29) is 18.8 Å². The molecule has 0 saturated carbocycles. The van der Waals surface area contributed by atoms with E-state index in [9.17, 15) is 14.4 Å². The molecule has 0 aliphatic carbocycles. The highest BCUT2D eigenvalue weighted by Gasteiger charge is 2.09. The van der Waals surface area contributed by atoms with Gasteiger partial charge in [-0.1, -0.05) is 0 Å². The molecule has 0 aliphatic rings. The van der Waals surface area contributed by atoms with E-state index in [2.05, 4.69) is 5.32 Å². The number of benzene rings is 1. The first-order valence-electron chi connectivity index (χ1n) is 7.13. The Balaban J connectivity index is 1.71. The lowest BCUT2D eigenvalue weighted by Gasteiger charge is -2.07. The maximum Gasteiger partial charge on any atom is 0.306 e. The van der Waals surface area contributed by atoms with Crippen LogP contribution in [0.1, 0.15) is 29.5 Å². The third kappa shape index (κ3) is 5.43. The molecule has 6 heteroatoms. The highest BCUT2D eigenvalue weighted by molar-refractivity contribution is 5.96. The van der Waals surface area contributed by atoms with E-state index in [0.29, 0.717) is 23.4 Å². The standard InChI is InChI=1S/C17H17NO5/c1-12(19)13-4-6-14(7-5-13)18-16(20)11-23-17(21)9-8-15-3-2-10-22-15/h2-7,10H,8-9,11H2,1H3,(H,18,20). The zero-order chi connectivity index (χ0) is 16.7. The highest BCUT2D eigenvalue weighted by atomic mass is 16.5. The van der Waals surface area contributed by atoms with Gasteiger partial charge in [-0.3, -0.25) is 14.4 Å². The van der Waals surface area contributed by atoms with Crippen LogP contribution in [0.2, 0.25) is 0 Å². The summed E-state index contributed by atoms with van der Waals surface area (Å²) in [5.74, 6) is -0.263. The van der Waals surface area contributed by atoms with E-state index in [1.807, 2.05) is 0 Å². The van der Waals surface area contributed by atoms with Crippen LogP contribution in [-0.2, 0) is 20.7 Å². The van der Waals surface area contributed by atoms with Gasteiger partial charge in [0, 0.05) is 17.7 Å².